The molecule has 1 atom stereocenters. The molecular weight excluding hydrogens is 244 g/mol. The first-order chi connectivity index (χ1) is 9.36. The van der Waals surface area contributed by atoms with Crippen LogP contribution in [0, 0.1) is 0 Å². The molecule has 19 heavy (non-hydrogen) atoms. The lowest BCUT2D eigenvalue weighted by Gasteiger charge is -2.22. The lowest BCUT2D eigenvalue weighted by molar-refractivity contribution is 0.209. The highest BCUT2D eigenvalue weighted by atomic mass is 16.5. The van der Waals surface area contributed by atoms with Crippen molar-refractivity contribution < 1.29 is 8.94 Å². The molecule has 1 unspecified atom stereocenters. The van der Waals surface area contributed by atoms with Crippen molar-refractivity contribution in [1.82, 2.24) is 20.4 Å². The maximum atomic E-state index is 5.29. The third-order valence-electron chi connectivity index (χ3n) is 3.49. The quantitative estimate of drug-likeness (QED) is 0.881. The minimum atomic E-state index is 0.518. The van der Waals surface area contributed by atoms with E-state index in [1.165, 1.54) is 12.8 Å². The fourth-order valence-corrected chi connectivity index (χ4v) is 2.57. The van der Waals surface area contributed by atoms with Crippen LogP contribution in [-0.4, -0.2) is 41.2 Å². The molecular formula is C13H18N4O2. The van der Waals surface area contributed by atoms with E-state index in [0.29, 0.717) is 30.1 Å². The van der Waals surface area contributed by atoms with Crippen LogP contribution in [-0.2, 0) is 6.54 Å². The Hall–Kier alpha value is -1.66. The molecule has 6 heteroatoms. The van der Waals surface area contributed by atoms with Gasteiger partial charge < -0.3 is 14.3 Å². The van der Waals surface area contributed by atoms with Gasteiger partial charge in [0.15, 0.2) is 5.76 Å². The Bertz CT molecular complexity index is 508. The van der Waals surface area contributed by atoms with E-state index in [-0.39, 0.29) is 0 Å². The van der Waals surface area contributed by atoms with Gasteiger partial charge in [0.05, 0.1) is 12.8 Å². The molecule has 0 aliphatic carbocycles. The molecule has 0 spiro atoms. The maximum absolute atomic E-state index is 5.29. The van der Waals surface area contributed by atoms with Gasteiger partial charge >= 0.3 is 0 Å². The van der Waals surface area contributed by atoms with Crippen molar-refractivity contribution in [1.29, 1.82) is 0 Å². The van der Waals surface area contributed by atoms with Crippen LogP contribution in [0.25, 0.3) is 11.6 Å². The number of likely N-dealkylation sites (tertiary alicyclic amines) is 1. The van der Waals surface area contributed by atoms with Crippen LogP contribution >= 0.6 is 0 Å². The Morgan fingerprint density at radius 3 is 3.26 bits per heavy atom. The van der Waals surface area contributed by atoms with E-state index in [4.69, 9.17) is 8.94 Å². The van der Waals surface area contributed by atoms with E-state index in [2.05, 4.69) is 20.4 Å². The van der Waals surface area contributed by atoms with Gasteiger partial charge in [-0.05, 0) is 38.6 Å². The van der Waals surface area contributed by atoms with Crippen LogP contribution in [0.2, 0.25) is 0 Å². The fourth-order valence-electron chi connectivity index (χ4n) is 2.57. The van der Waals surface area contributed by atoms with Gasteiger partial charge in [-0.2, -0.15) is 4.98 Å². The van der Waals surface area contributed by atoms with Gasteiger partial charge in [0.25, 0.3) is 0 Å². The summed E-state index contributed by atoms with van der Waals surface area (Å²) in [6.07, 6.45) is 4.06. The second-order valence-corrected chi connectivity index (χ2v) is 4.81. The van der Waals surface area contributed by atoms with Crippen molar-refractivity contribution >= 4 is 0 Å². The van der Waals surface area contributed by atoms with E-state index in [9.17, 15) is 0 Å². The molecule has 1 N–H and O–H groups in total. The SMILES string of the molecule is CNCC1CCCN1Cc1nc(-c2ccco2)no1. The standard InChI is InChI=1S/C13H18N4O2/c1-14-8-10-4-2-6-17(10)9-12-15-13(16-19-12)11-5-3-7-18-11/h3,5,7,10,14H,2,4,6,8-9H2,1H3. The minimum Gasteiger partial charge on any atom is -0.461 e. The molecule has 1 aliphatic rings. The Morgan fingerprint density at radius 1 is 1.53 bits per heavy atom. The van der Waals surface area contributed by atoms with E-state index in [1.54, 1.807) is 6.26 Å². The Morgan fingerprint density at radius 2 is 2.47 bits per heavy atom. The monoisotopic (exact) mass is 262 g/mol. The number of nitrogens with one attached hydrogen (secondary N) is 1. The van der Waals surface area contributed by atoms with Crippen molar-refractivity contribution in [3.05, 3.63) is 24.3 Å². The fraction of sp³-hybridized carbons (Fsp3) is 0.538. The van der Waals surface area contributed by atoms with Gasteiger partial charge in [-0.3, -0.25) is 4.90 Å². The number of hydrogen-bond acceptors (Lipinski definition) is 6. The van der Waals surface area contributed by atoms with E-state index < -0.39 is 0 Å². The Labute approximate surface area is 111 Å². The zero-order valence-electron chi connectivity index (χ0n) is 11.0. The molecule has 2 aromatic rings. The molecule has 1 aliphatic heterocycles. The van der Waals surface area contributed by atoms with Crippen molar-refractivity contribution in [3.8, 4) is 11.6 Å². The minimum absolute atomic E-state index is 0.518. The lowest BCUT2D eigenvalue weighted by atomic mass is 10.2. The number of rotatable bonds is 5. The normalized spacial score (nSPS) is 20.2. The maximum Gasteiger partial charge on any atom is 0.241 e. The largest absolute Gasteiger partial charge is 0.461 e. The highest BCUT2D eigenvalue weighted by molar-refractivity contribution is 5.44. The summed E-state index contributed by atoms with van der Waals surface area (Å²) in [4.78, 5) is 6.76. The molecule has 0 amide bonds. The van der Waals surface area contributed by atoms with Gasteiger partial charge in [-0.15, -0.1) is 0 Å². The summed E-state index contributed by atoms with van der Waals surface area (Å²) < 4.78 is 10.5. The van der Waals surface area contributed by atoms with Crippen LogP contribution in [0.1, 0.15) is 18.7 Å². The summed E-state index contributed by atoms with van der Waals surface area (Å²) in [5.74, 6) is 1.81. The summed E-state index contributed by atoms with van der Waals surface area (Å²) >= 11 is 0. The summed E-state index contributed by atoms with van der Waals surface area (Å²) in [6, 6.07) is 4.20. The number of likely N-dealkylation sites (N-methyl/N-ethyl adjacent to an activating group) is 1. The first kappa shape index (κ1) is 12.4. The lowest BCUT2D eigenvalue weighted by Crippen LogP contribution is -2.36. The van der Waals surface area contributed by atoms with Gasteiger partial charge in [0, 0.05) is 12.6 Å². The average Bonchev–Trinajstić information content (AvgIpc) is 3.12. The number of aromatic nitrogens is 2. The van der Waals surface area contributed by atoms with Gasteiger partial charge in [0.2, 0.25) is 11.7 Å². The van der Waals surface area contributed by atoms with Crippen molar-refractivity contribution in [2.24, 2.45) is 0 Å². The van der Waals surface area contributed by atoms with Crippen LogP contribution in [0.3, 0.4) is 0 Å². The highest BCUT2D eigenvalue weighted by Crippen LogP contribution is 2.21. The zero-order valence-corrected chi connectivity index (χ0v) is 11.0. The summed E-state index contributed by atoms with van der Waals surface area (Å²) in [7, 11) is 1.98. The van der Waals surface area contributed by atoms with Crippen molar-refractivity contribution in [2.75, 3.05) is 20.1 Å². The molecule has 3 rings (SSSR count). The predicted octanol–water partition coefficient (Wildman–Crippen LogP) is 1.51. The number of furan rings is 1. The molecule has 0 radical (unpaired) electrons. The first-order valence-corrected chi connectivity index (χ1v) is 6.62. The van der Waals surface area contributed by atoms with Crippen LogP contribution in [0.15, 0.2) is 27.3 Å². The van der Waals surface area contributed by atoms with Crippen molar-refractivity contribution in [2.45, 2.75) is 25.4 Å². The Kier molecular flexibility index (Phi) is 3.61. The first-order valence-electron chi connectivity index (χ1n) is 6.62. The van der Waals surface area contributed by atoms with E-state index in [0.717, 1.165) is 13.1 Å². The van der Waals surface area contributed by atoms with Crippen LogP contribution in [0.4, 0.5) is 0 Å². The van der Waals surface area contributed by atoms with E-state index >= 15 is 0 Å². The average molecular weight is 262 g/mol. The zero-order chi connectivity index (χ0) is 13.1. The summed E-state index contributed by atoms with van der Waals surface area (Å²) in [5.41, 5.74) is 0. The van der Waals surface area contributed by atoms with Crippen LogP contribution in [0.5, 0.6) is 0 Å². The smallest absolute Gasteiger partial charge is 0.241 e. The van der Waals surface area contributed by atoms with Crippen molar-refractivity contribution in [3.63, 3.8) is 0 Å². The van der Waals surface area contributed by atoms with Crippen LogP contribution < -0.4 is 5.32 Å². The summed E-state index contributed by atoms with van der Waals surface area (Å²) in [6.45, 7) is 2.80. The molecule has 0 saturated carbocycles. The number of nitrogens with zero attached hydrogens (tertiary/aromatic N) is 3. The molecule has 1 fully saturated rings. The molecule has 1 saturated heterocycles. The third kappa shape index (κ3) is 2.69. The van der Waals surface area contributed by atoms with E-state index in [1.807, 2.05) is 19.2 Å². The third-order valence-corrected chi connectivity index (χ3v) is 3.49. The topological polar surface area (TPSA) is 67.3 Å². The molecule has 6 nitrogen and oxygen atoms in total. The van der Waals surface area contributed by atoms with Gasteiger partial charge in [-0.1, -0.05) is 5.16 Å². The molecule has 2 aromatic heterocycles. The number of hydrogen-bond donors (Lipinski definition) is 1. The Balaban J connectivity index is 1.67. The summed E-state index contributed by atoms with van der Waals surface area (Å²) in [5, 5.41) is 7.18. The van der Waals surface area contributed by atoms with Gasteiger partial charge in [0.1, 0.15) is 0 Å². The predicted molar refractivity (Wildman–Crippen MR) is 69.4 cm³/mol. The second kappa shape index (κ2) is 5.54. The molecule has 0 aromatic carbocycles. The van der Waals surface area contributed by atoms with Gasteiger partial charge in [-0.25, -0.2) is 0 Å². The molecule has 102 valence electrons. The molecule has 0 bridgehead atoms. The molecule has 3 heterocycles. The second-order valence-electron chi connectivity index (χ2n) is 4.81. The highest BCUT2D eigenvalue weighted by Gasteiger charge is 2.25.